The summed E-state index contributed by atoms with van der Waals surface area (Å²) < 4.78 is 12.8. The van der Waals surface area contributed by atoms with Gasteiger partial charge in [-0.05, 0) is 52.8 Å². The minimum atomic E-state index is 0.454. The zero-order valence-electron chi connectivity index (χ0n) is 12.1. The Bertz CT molecular complexity index is 570. The third-order valence-corrected chi connectivity index (χ3v) is 3.76. The average Bonchev–Trinajstić information content (AvgIpc) is 2.52. The second-order valence-corrected chi connectivity index (χ2v) is 5.98. The minimum absolute atomic E-state index is 0.454. The summed E-state index contributed by atoms with van der Waals surface area (Å²) in [5.74, 6) is 1.62. The van der Waals surface area contributed by atoms with E-state index in [-0.39, 0.29) is 0 Å². The van der Waals surface area contributed by atoms with E-state index in [0.717, 1.165) is 29.0 Å². The Hall–Kier alpha value is -1.27. The summed E-state index contributed by atoms with van der Waals surface area (Å²) in [5, 5.41) is 0. The molecule has 0 atom stereocenters. The lowest BCUT2D eigenvalue weighted by Crippen LogP contribution is -2.04. The maximum atomic E-state index is 5.91. The molecule has 2 aromatic rings. The highest BCUT2D eigenvalue weighted by molar-refractivity contribution is 14.1. The molecule has 0 heterocycles. The largest absolute Gasteiger partial charge is 0.493 e. The molecule has 21 heavy (non-hydrogen) atoms. The molecule has 0 bridgehead atoms. The summed E-state index contributed by atoms with van der Waals surface area (Å²) >= 11 is 2.29. The molecule has 0 aromatic heterocycles. The van der Waals surface area contributed by atoms with E-state index in [2.05, 4.69) is 53.8 Å². The molecule has 2 N–H and O–H groups in total. The standard InChI is InChI=1S/C17H20INO2/c1-2-9-20-16-8-5-14(11-19)17(10-16)21-12-13-3-6-15(18)7-4-13/h3-8,10H,2,9,11-12,19H2,1H3. The van der Waals surface area contributed by atoms with Crippen molar-refractivity contribution >= 4 is 22.6 Å². The maximum absolute atomic E-state index is 5.91. The van der Waals surface area contributed by atoms with Crippen LogP contribution in [0.5, 0.6) is 11.5 Å². The third-order valence-electron chi connectivity index (χ3n) is 3.04. The van der Waals surface area contributed by atoms with Gasteiger partial charge in [-0.3, -0.25) is 0 Å². The Balaban J connectivity index is 2.07. The van der Waals surface area contributed by atoms with Gasteiger partial charge in [0.1, 0.15) is 18.1 Å². The van der Waals surface area contributed by atoms with Crippen LogP contribution in [-0.2, 0) is 13.2 Å². The van der Waals surface area contributed by atoms with Gasteiger partial charge in [0.05, 0.1) is 6.61 Å². The van der Waals surface area contributed by atoms with E-state index >= 15 is 0 Å². The molecule has 2 rings (SSSR count). The summed E-state index contributed by atoms with van der Waals surface area (Å²) in [6, 6.07) is 14.1. The normalized spacial score (nSPS) is 10.4. The van der Waals surface area contributed by atoms with Crippen LogP contribution in [0.15, 0.2) is 42.5 Å². The molecule has 2 aromatic carbocycles. The van der Waals surface area contributed by atoms with Crippen LogP contribution in [-0.4, -0.2) is 6.61 Å². The molecule has 0 saturated carbocycles. The first-order valence-electron chi connectivity index (χ1n) is 7.06. The van der Waals surface area contributed by atoms with Crippen LogP contribution in [0.25, 0.3) is 0 Å². The van der Waals surface area contributed by atoms with Gasteiger partial charge in [0.2, 0.25) is 0 Å². The quantitative estimate of drug-likeness (QED) is 0.715. The van der Waals surface area contributed by atoms with Gasteiger partial charge in [-0.2, -0.15) is 0 Å². The molecule has 3 nitrogen and oxygen atoms in total. The summed E-state index contributed by atoms with van der Waals surface area (Å²) in [7, 11) is 0. The predicted octanol–water partition coefficient (Wildman–Crippen LogP) is 4.12. The average molecular weight is 397 g/mol. The van der Waals surface area contributed by atoms with Crippen LogP contribution >= 0.6 is 22.6 Å². The molecule has 0 radical (unpaired) electrons. The van der Waals surface area contributed by atoms with Gasteiger partial charge in [0, 0.05) is 21.7 Å². The van der Waals surface area contributed by atoms with Crippen molar-refractivity contribution in [3.8, 4) is 11.5 Å². The second kappa shape index (κ2) is 8.24. The van der Waals surface area contributed by atoms with Crippen LogP contribution < -0.4 is 15.2 Å². The lowest BCUT2D eigenvalue weighted by molar-refractivity contribution is 0.292. The zero-order valence-corrected chi connectivity index (χ0v) is 14.3. The molecule has 4 heteroatoms. The first kappa shape index (κ1) is 16.1. The number of nitrogens with two attached hydrogens (primary N) is 1. The lowest BCUT2D eigenvalue weighted by atomic mass is 10.2. The summed E-state index contributed by atoms with van der Waals surface area (Å²) in [6.07, 6.45) is 0.984. The van der Waals surface area contributed by atoms with Crippen LogP contribution in [0.2, 0.25) is 0 Å². The van der Waals surface area contributed by atoms with Gasteiger partial charge in [-0.25, -0.2) is 0 Å². The maximum Gasteiger partial charge on any atom is 0.127 e. The van der Waals surface area contributed by atoms with E-state index in [9.17, 15) is 0 Å². The van der Waals surface area contributed by atoms with E-state index in [1.165, 1.54) is 3.57 Å². The molecule has 0 spiro atoms. The fraction of sp³-hybridized carbons (Fsp3) is 0.294. The molecular formula is C17H20INO2. The van der Waals surface area contributed by atoms with Crippen molar-refractivity contribution in [2.75, 3.05) is 6.61 Å². The van der Waals surface area contributed by atoms with E-state index in [1.54, 1.807) is 0 Å². The fourth-order valence-electron chi connectivity index (χ4n) is 1.89. The Kier molecular flexibility index (Phi) is 6.32. The molecule has 0 amide bonds. The predicted molar refractivity (Wildman–Crippen MR) is 93.6 cm³/mol. The van der Waals surface area contributed by atoms with Gasteiger partial charge in [0.25, 0.3) is 0 Å². The van der Waals surface area contributed by atoms with E-state index in [4.69, 9.17) is 15.2 Å². The molecular weight excluding hydrogens is 377 g/mol. The highest BCUT2D eigenvalue weighted by Gasteiger charge is 2.05. The molecule has 0 aliphatic rings. The smallest absolute Gasteiger partial charge is 0.127 e. The Labute approximate surface area is 139 Å². The van der Waals surface area contributed by atoms with Crippen LogP contribution in [0.4, 0.5) is 0 Å². The number of ether oxygens (including phenoxy) is 2. The Morgan fingerprint density at radius 3 is 2.48 bits per heavy atom. The minimum Gasteiger partial charge on any atom is -0.493 e. The first-order valence-corrected chi connectivity index (χ1v) is 8.14. The van der Waals surface area contributed by atoms with Crippen molar-refractivity contribution in [3.63, 3.8) is 0 Å². The molecule has 0 aliphatic carbocycles. The number of benzene rings is 2. The SMILES string of the molecule is CCCOc1ccc(CN)c(OCc2ccc(I)cc2)c1. The molecule has 0 fully saturated rings. The van der Waals surface area contributed by atoms with Crippen molar-refractivity contribution in [2.24, 2.45) is 5.73 Å². The van der Waals surface area contributed by atoms with Gasteiger partial charge >= 0.3 is 0 Å². The lowest BCUT2D eigenvalue weighted by Gasteiger charge is -2.13. The highest BCUT2D eigenvalue weighted by atomic mass is 127. The number of rotatable bonds is 7. The summed E-state index contributed by atoms with van der Waals surface area (Å²) in [4.78, 5) is 0. The summed E-state index contributed by atoms with van der Waals surface area (Å²) in [5.41, 5.74) is 7.90. The molecule has 112 valence electrons. The van der Waals surface area contributed by atoms with E-state index in [0.29, 0.717) is 19.8 Å². The van der Waals surface area contributed by atoms with Crippen molar-refractivity contribution in [3.05, 3.63) is 57.2 Å². The van der Waals surface area contributed by atoms with Crippen LogP contribution in [0, 0.1) is 3.57 Å². The number of hydrogen-bond donors (Lipinski definition) is 1. The number of halogens is 1. The third kappa shape index (κ3) is 4.89. The van der Waals surface area contributed by atoms with Crippen molar-refractivity contribution < 1.29 is 9.47 Å². The summed E-state index contributed by atoms with van der Waals surface area (Å²) in [6.45, 7) is 3.78. The van der Waals surface area contributed by atoms with Gasteiger partial charge in [-0.15, -0.1) is 0 Å². The van der Waals surface area contributed by atoms with E-state index < -0.39 is 0 Å². The highest BCUT2D eigenvalue weighted by Crippen LogP contribution is 2.26. The molecule has 0 aliphatic heterocycles. The fourth-order valence-corrected chi connectivity index (χ4v) is 2.25. The van der Waals surface area contributed by atoms with Gasteiger partial charge in [0.15, 0.2) is 0 Å². The van der Waals surface area contributed by atoms with Crippen LogP contribution in [0.1, 0.15) is 24.5 Å². The van der Waals surface area contributed by atoms with Gasteiger partial charge in [-0.1, -0.05) is 25.1 Å². The molecule has 0 saturated heterocycles. The van der Waals surface area contributed by atoms with Gasteiger partial charge < -0.3 is 15.2 Å². The van der Waals surface area contributed by atoms with Crippen molar-refractivity contribution in [1.29, 1.82) is 0 Å². The number of hydrogen-bond acceptors (Lipinski definition) is 3. The molecule has 0 unspecified atom stereocenters. The second-order valence-electron chi connectivity index (χ2n) is 4.74. The Morgan fingerprint density at radius 2 is 1.81 bits per heavy atom. The van der Waals surface area contributed by atoms with Crippen molar-refractivity contribution in [1.82, 2.24) is 0 Å². The topological polar surface area (TPSA) is 44.5 Å². The van der Waals surface area contributed by atoms with E-state index in [1.807, 2.05) is 18.2 Å². The zero-order chi connectivity index (χ0) is 15.1. The Morgan fingerprint density at radius 1 is 1.05 bits per heavy atom. The van der Waals surface area contributed by atoms with Crippen LogP contribution in [0.3, 0.4) is 0 Å². The van der Waals surface area contributed by atoms with Crippen molar-refractivity contribution in [2.45, 2.75) is 26.5 Å². The first-order chi connectivity index (χ1) is 10.2. The monoisotopic (exact) mass is 397 g/mol.